The van der Waals surface area contributed by atoms with E-state index in [4.69, 9.17) is 21.1 Å². The van der Waals surface area contributed by atoms with Crippen LogP contribution in [0.25, 0.3) is 0 Å². The first kappa shape index (κ1) is 13.4. The molecule has 98 valence electrons. The molecular formula is C11H6ClNO5S. The molecule has 0 atom stereocenters. The zero-order valence-corrected chi connectivity index (χ0v) is 10.8. The molecule has 0 bridgehead atoms. The van der Waals surface area contributed by atoms with Gasteiger partial charge in [0.05, 0.1) is 9.82 Å². The molecule has 0 radical (unpaired) electrons. The number of nitro groups is 1. The molecule has 0 saturated carbocycles. The Hall–Kier alpha value is -1.99. The summed E-state index contributed by atoms with van der Waals surface area (Å²) in [6.45, 7) is 0. The number of aromatic carboxylic acids is 1. The minimum atomic E-state index is -1.20. The maximum Gasteiger partial charge on any atom is 0.371 e. The van der Waals surface area contributed by atoms with Gasteiger partial charge in [-0.2, -0.15) is 0 Å². The van der Waals surface area contributed by atoms with Crippen LogP contribution in [-0.2, 0) is 0 Å². The number of carboxylic acid groups (broad SMARTS) is 1. The van der Waals surface area contributed by atoms with Crippen molar-refractivity contribution in [3.63, 3.8) is 0 Å². The molecular weight excluding hydrogens is 294 g/mol. The van der Waals surface area contributed by atoms with Crippen molar-refractivity contribution in [3.05, 3.63) is 51.2 Å². The van der Waals surface area contributed by atoms with Crippen molar-refractivity contribution in [2.45, 2.75) is 9.99 Å². The van der Waals surface area contributed by atoms with Gasteiger partial charge in [-0.3, -0.25) is 10.1 Å². The van der Waals surface area contributed by atoms with Crippen LogP contribution in [0, 0.1) is 10.1 Å². The van der Waals surface area contributed by atoms with Gasteiger partial charge in [-0.25, -0.2) is 4.79 Å². The molecule has 0 amide bonds. The van der Waals surface area contributed by atoms with Gasteiger partial charge in [0.15, 0.2) is 5.09 Å². The highest BCUT2D eigenvalue weighted by molar-refractivity contribution is 7.99. The van der Waals surface area contributed by atoms with Crippen molar-refractivity contribution < 1.29 is 19.2 Å². The molecule has 0 unspecified atom stereocenters. The van der Waals surface area contributed by atoms with E-state index >= 15 is 0 Å². The number of hydrogen-bond donors (Lipinski definition) is 1. The second-order valence-corrected chi connectivity index (χ2v) is 4.88. The molecule has 1 N–H and O–H groups in total. The molecule has 1 aromatic carbocycles. The quantitative estimate of drug-likeness (QED) is 0.683. The normalized spacial score (nSPS) is 10.4. The number of nitro benzene ring substituents is 1. The first-order chi connectivity index (χ1) is 8.97. The number of furan rings is 1. The second-order valence-electron chi connectivity index (χ2n) is 3.40. The smallest absolute Gasteiger partial charge is 0.371 e. The Bertz CT molecular complexity index is 654. The lowest BCUT2D eigenvalue weighted by molar-refractivity contribution is -0.387. The molecule has 0 aliphatic carbocycles. The summed E-state index contributed by atoms with van der Waals surface area (Å²) in [6.07, 6.45) is 0. The molecule has 0 aliphatic heterocycles. The van der Waals surface area contributed by atoms with Crippen molar-refractivity contribution in [1.29, 1.82) is 0 Å². The first-order valence-corrected chi connectivity index (χ1v) is 6.12. The van der Waals surface area contributed by atoms with Crippen molar-refractivity contribution in [1.82, 2.24) is 0 Å². The predicted octanol–water partition coefficient (Wildman–Crippen LogP) is 3.69. The highest BCUT2D eigenvalue weighted by Gasteiger charge is 2.17. The summed E-state index contributed by atoms with van der Waals surface area (Å²) >= 11 is 6.72. The van der Waals surface area contributed by atoms with E-state index in [0.717, 1.165) is 11.8 Å². The monoisotopic (exact) mass is 299 g/mol. The topological polar surface area (TPSA) is 93.6 Å². The van der Waals surface area contributed by atoms with Gasteiger partial charge in [0.1, 0.15) is 0 Å². The fourth-order valence-corrected chi connectivity index (χ4v) is 2.47. The summed E-state index contributed by atoms with van der Waals surface area (Å²) < 4.78 is 5.02. The average molecular weight is 300 g/mol. The number of carboxylic acids is 1. The third-order valence-electron chi connectivity index (χ3n) is 2.12. The Morgan fingerprint density at radius 2 is 2.11 bits per heavy atom. The van der Waals surface area contributed by atoms with E-state index in [1.54, 1.807) is 0 Å². The SMILES string of the molecule is O=C(O)c1ccc(Sc2cc(Cl)ccc2[N+](=O)[O-])o1. The Morgan fingerprint density at radius 1 is 1.37 bits per heavy atom. The van der Waals surface area contributed by atoms with Crippen LogP contribution in [0.1, 0.15) is 10.6 Å². The molecule has 6 nitrogen and oxygen atoms in total. The van der Waals surface area contributed by atoms with Crippen LogP contribution < -0.4 is 0 Å². The minimum Gasteiger partial charge on any atom is -0.475 e. The lowest BCUT2D eigenvalue weighted by Crippen LogP contribution is -1.91. The predicted molar refractivity (Wildman–Crippen MR) is 67.9 cm³/mol. The van der Waals surface area contributed by atoms with Crippen LogP contribution in [0.15, 0.2) is 44.7 Å². The zero-order valence-electron chi connectivity index (χ0n) is 9.20. The highest BCUT2D eigenvalue weighted by atomic mass is 35.5. The number of benzene rings is 1. The van der Waals surface area contributed by atoms with E-state index in [-0.39, 0.29) is 21.4 Å². The standard InChI is InChI=1S/C11H6ClNO5S/c12-6-1-2-7(13(16)17)9(5-6)19-10-4-3-8(18-10)11(14)15/h1-5H,(H,14,15). The van der Waals surface area contributed by atoms with E-state index in [9.17, 15) is 14.9 Å². The molecule has 0 fully saturated rings. The largest absolute Gasteiger partial charge is 0.475 e. The molecule has 0 saturated heterocycles. The molecule has 2 rings (SSSR count). The third-order valence-corrected chi connectivity index (χ3v) is 3.32. The van der Waals surface area contributed by atoms with Crippen LogP contribution in [0.5, 0.6) is 0 Å². The molecule has 2 aromatic rings. The van der Waals surface area contributed by atoms with Crippen molar-refractivity contribution in [2.24, 2.45) is 0 Å². The van der Waals surface area contributed by atoms with Gasteiger partial charge in [-0.05, 0) is 36.0 Å². The summed E-state index contributed by atoms with van der Waals surface area (Å²) in [5, 5.41) is 20.2. The van der Waals surface area contributed by atoms with Crippen LogP contribution in [-0.4, -0.2) is 16.0 Å². The van der Waals surface area contributed by atoms with E-state index in [0.29, 0.717) is 5.02 Å². The lowest BCUT2D eigenvalue weighted by Gasteiger charge is -2.01. The Labute approximate surface area is 116 Å². The summed E-state index contributed by atoms with van der Waals surface area (Å²) in [4.78, 5) is 21.3. The van der Waals surface area contributed by atoms with Crippen LogP contribution in [0.3, 0.4) is 0 Å². The fraction of sp³-hybridized carbons (Fsp3) is 0. The minimum absolute atomic E-state index is 0.123. The van der Waals surface area contributed by atoms with Crippen molar-refractivity contribution in [3.8, 4) is 0 Å². The highest BCUT2D eigenvalue weighted by Crippen LogP contribution is 2.37. The number of carbonyl (C=O) groups is 1. The molecule has 0 aliphatic rings. The number of rotatable bonds is 4. The first-order valence-electron chi connectivity index (χ1n) is 4.92. The fourth-order valence-electron chi connectivity index (χ4n) is 1.32. The van der Waals surface area contributed by atoms with Crippen LogP contribution in [0.2, 0.25) is 5.02 Å². The summed E-state index contributed by atoms with van der Waals surface area (Å²) in [5.74, 6) is -1.43. The van der Waals surface area contributed by atoms with Gasteiger partial charge in [-0.1, -0.05) is 11.6 Å². The van der Waals surface area contributed by atoms with Gasteiger partial charge < -0.3 is 9.52 Å². The van der Waals surface area contributed by atoms with Gasteiger partial charge in [0.25, 0.3) is 5.69 Å². The van der Waals surface area contributed by atoms with Crippen molar-refractivity contribution >= 4 is 35.0 Å². The van der Waals surface area contributed by atoms with E-state index < -0.39 is 10.9 Å². The molecule has 19 heavy (non-hydrogen) atoms. The number of halogens is 1. The Kier molecular flexibility index (Phi) is 3.77. The summed E-state index contributed by atoms with van der Waals surface area (Å²) in [6, 6.07) is 6.83. The van der Waals surface area contributed by atoms with E-state index in [1.165, 1.54) is 30.3 Å². The van der Waals surface area contributed by atoms with Gasteiger partial charge in [0, 0.05) is 11.1 Å². The van der Waals surface area contributed by atoms with Crippen LogP contribution >= 0.6 is 23.4 Å². The van der Waals surface area contributed by atoms with Gasteiger partial charge in [-0.15, -0.1) is 0 Å². The molecule has 8 heteroatoms. The second kappa shape index (κ2) is 5.33. The summed E-state index contributed by atoms with van der Waals surface area (Å²) in [7, 11) is 0. The lowest BCUT2D eigenvalue weighted by atomic mass is 10.3. The number of nitrogens with zero attached hydrogens (tertiary/aromatic N) is 1. The molecule has 1 aromatic heterocycles. The zero-order chi connectivity index (χ0) is 14.0. The third kappa shape index (κ3) is 3.07. The average Bonchev–Trinajstić information content (AvgIpc) is 2.77. The van der Waals surface area contributed by atoms with E-state index in [1.807, 2.05) is 0 Å². The molecule has 1 heterocycles. The van der Waals surface area contributed by atoms with Crippen molar-refractivity contribution in [2.75, 3.05) is 0 Å². The molecule has 0 spiro atoms. The van der Waals surface area contributed by atoms with E-state index in [2.05, 4.69) is 0 Å². The van der Waals surface area contributed by atoms with Gasteiger partial charge in [0.2, 0.25) is 5.76 Å². The number of hydrogen-bond acceptors (Lipinski definition) is 5. The summed E-state index contributed by atoms with van der Waals surface area (Å²) in [5.41, 5.74) is -0.123. The Balaban J connectivity index is 2.33. The Morgan fingerprint density at radius 3 is 2.68 bits per heavy atom. The maximum absolute atomic E-state index is 10.9. The maximum atomic E-state index is 10.9. The van der Waals surface area contributed by atoms with Crippen LogP contribution in [0.4, 0.5) is 5.69 Å². The van der Waals surface area contributed by atoms with Gasteiger partial charge >= 0.3 is 5.97 Å².